The van der Waals surface area contributed by atoms with Gasteiger partial charge in [-0.2, -0.15) is 0 Å². The van der Waals surface area contributed by atoms with Gasteiger partial charge < -0.3 is 19.0 Å². The molecule has 1 atom stereocenters. The van der Waals surface area contributed by atoms with Crippen molar-refractivity contribution in [1.82, 2.24) is 9.88 Å². The van der Waals surface area contributed by atoms with Crippen LogP contribution in [0.3, 0.4) is 0 Å². The van der Waals surface area contributed by atoms with Crippen LogP contribution in [0.15, 0.2) is 77.7 Å². The molecule has 5 aromatic rings. The highest BCUT2D eigenvalue weighted by atomic mass is 19.1. The van der Waals surface area contributed by atoms with Gasteiger partial charge in [0.05, 0.1) is 19.8 Å². The maximum Gasteiger partial charge on any atom is 0.341 e. The van der Waals surface area contributed by atoms with Gasteiger partial charge >= 0.3 is 5.97 Å². The summed E-state index contributed by atoms with van der Waals surface area (Å²) in [6.45, 7) is 2.10. The topological polar surface area (TPSA) is 85.0 Å². The van der Waals surface area contributed by atoms with Gasteiger partial charge in [-0.25, -0.2) is 9.18 Å². The van der Waals surface area contributed by atoms with E-state index in [9.17, 15) is 14.3 Å². The molecule has 0 bridgehead atoms. The molecule has 0 radical (unpaired) electrons. The molecule has 210 valence electrons. The van der Waals surface area contributed by atoms with Crippen molar-refractivity contribution in [3.8, 4) is 11.5 Å². The van der Waals surface area contributed by atoms with Gasteiger partial charge in [-0.05, 0) is 79.5 Å². The summed E-state index contributed by atoms with van der Waals surface area (Å²) in [7, 11) is 1.33. The molecule has 3 heterocycles. The Balaban J connectivity index is 1.48. The van der Waals surface area contributed by atoms with Gasteiger partial charge in [0, 0.05) is 40.5 Å². The summed E-state index contributed by atoms with van der Waals surface area (Å²) in [5, 5.41) is 13.7. The number of rotatable bonds is 8. The lowest BCUT2D eigenvalue weighted by molar-refractivity contribution is 0.0601. The number of furan rings is 1. The number of esters is 1. The Morgan fingerprint density at radius 3 is 2.54 bits per heavy atom. The van der Waals surface area contributed by atoms with E-state index in [4.69, 9.17) is 13.9 Å². The molecule has 1 unspecified atom stereocenters. The van der Waals surface area contributed by atoms with Gasteiger partial charge in [-0.1, -0.05) is 18.6 Å². The van der Waals surface area contributed by atoms with Crippen LogP contribution >= 0.6 is 0 Å². The molecule has 6 rings (SSSR count). The second kappa shape index (κ2) is 11.6. The number of halogens is 1. The van der Waals surface area contributed by atoms with Gasteiger partial charge in [-0.15, -0.1) is 0 Å². The molecule has 41 heavy (non-hydrogen) atoms. The predicted molar refractivity (Wildman–Crippen MR) is 154 cm³/mol. The van der Waals surface area contributed by atoms with Crippen molar-refractivity contribution >= 4 is 27.7 Å². The van der Waals surface area contributed by atoms with Crippen molar-refractivity contribution < 1.29 is 28.2 Å². The third kappa shape index (κ3) is 5.23. The van der Waals surface area contributed by atoms with Crippen LogP contribution in [0, 0.1) is 5.82 Å². The Hall–Kier alpha value is -4.43. The summed E-state index contributed by atoms with van der Waals surface area (Å²) in [6.07, 6.45) is 8.75. The minimum atomic E-state index is -0.539. The van der Waals surface area contributed by atoms with E-state index in [1.54, 1.807) is 24.5 Å². The molecule has 1 saturated heterocycles. The Kier molecular flexibility index (Phi) is 7.57. The van der Waals surface area contributed by atoms with Crippen molar-refractivity contribution in [3.05, 3.63) is 101 Å². The van der Waals surface area contributed by atoms with Crippen LogP contribution in [0.1, 0.15) is 52.4 Å². The number of carbonyl (C=O) groups excluding carboxylic acids is 1. The molecule has 0 saturated carbocycles. The normalized spacial score (nSPS) is 14.8. The van der Waals surface area contributed by atoms with Crippen molar-refractivity contribution in [1.29, 1.82) is 0 Å². The maximum absolute atomic E-state index is 13.2. The summed E-state index contributed by atoms with van der Waals surface area (Å²) in [6, 6.07) is 15.4. The average Bonchev–Trinajstić information content (AvgIpc) is 3.46. The lowest BCUT2D eigenvalue weighted by atomic mass is 9.88. The lowest BCUT2D eigenvalue weighted by Gasteiger charge is -2.36. The molecular weight excluding hydrogens is 523 g/mol. The standard InChI is InChI=1S/C33H31FN2O5/c1-39-33(38)27-20-41-32-26-19-24(40-18-13-21-5-7-23(34)8-6-21)9-10-25(26)31(37)29(28(27)32)30(22-11-14-35-15-12-22)36-16-3-2-4-17-36/h5-12,14-15,19-20,30,37H,2-4,13,16-18H2,1H3. The molecular formula is C33H31FN2O5. The number of pyridine rings is 1. The summed E-state index contributed by atoms with van der Waals surface area (Å²) in [5.41, 5.74) is 3.28. The van der Waals surface area contributed by atoms with Crippen molar-refractivity contribution in [2.45, 2.75) is 31.7 Å². The number of aromatic hydroxyl groups is 1. The van der Waals surface area contributed by atoms with E-state index >= 15 is 0 Å². The second-order valence-corrected chi connectivity index (χ2v) is 10.3. The molecule has 1 N–H and O–H groups in total. The molecule has 3 aromatic carbocycles. The molecule has 1 fully saturated rings. The number of nitrogens with zero attached hydrogens (tertiary/aromatic N) is 2. The van der Waals surface area contributed by atoms with Crippen molar-refractivity contribution in [2.24, 2.45) is 0 Å². The number of benzene rings is 3. The Morgan fingerprint density at radius 1 is 1.05 bits per heavy atom. The van der Waals surface area contributed by atoms with Gasteiger partial charge in [0.1, 0.15) is 34.7 Å². The number of aromatic nitrogens is 1. The zero-order chi connectivity index (χ0) is 28.3. The van der Waals surface area contributed by atoms with Gasteiger partial charge in [0.2, 0.25) is 0 Å². The van der Waals surface area contributed by atoms with Crippen LogP contribution in [0.25, 0.3) is 21.7 Å². The SMILES string of the molecule is COC(=O)c1coc2c1c(C(c1ccncc1)N1CCCCC1)c(O)c1ccc(OCCc3ccc(F)cc3)cc12. The summed E-state index contributed by atoms with van der Waals surface area (Å²) < 4.78 is 30.4. The molecule has 0 amide bonds. The minimum Gasteiger partial charge on any atom is -0.507 e. The maximum atomic E-state index is 13.2. The number of phenolic OH excluding ortho intramolecular Hbond substituents is 1. The third-order valence-electron chi connectivity index (χ3n) is 7.84. The zero-order valence-electron chi connectivity index (χ0n) is 22.8. The molecule has 8 heteroatoms. The smallest absolute Gasteiger partial charge is 0.341 e. The Morgan fingerprint density at radius 2 is 1.80 bits per heavy atom. The Bertz CT molecular complexity index is 1680. The first-order chi connectivity index (χ1) is 20.0. The van der Waals surface area contributed by atoms with Gasteiger partial charge in [-0.3, -0.25) is 9.88 Å². The van der Waals surface area contributed by atoms with Crippen LogP contribution in [-0.4, -0.2) is 47.8 Å². The van der Waals surface area contributed by atoms with Crippen LogP contribution in [-0.2, 0) is 11.2 Å². The number of fused-ring (bicyclic) bond motifs is 3. The fraction of sp³-hybridized carbons (Fsp3) is 0.273. The highest BCUT2D eigenvalue weighted by Crippen LogP contribution is 2.47. The number of piperidine rings is 1. The zero-order valence-corrected chi connectivity index (χ0v) is 22.8. The number of likely N-dealkylation sites (tertiary alicyclic amines) is 1. The van der Waals surface area contributed by atoms with Crippen LogP contribution < -0.4 is 4.74 Å². The minimum absolute atomic E-state index is 0.0873. The number of hydrogen-bond donors (Lipinski definition) is 1. The lowest BCUT2D eigenvalue weighted by Crippen LogP contribution is -2.34. The fourth-order valence-corrected chi connectivity index (χ4v) is 5.84. The number of methoxy groups -OCH3 is 1. The monoisotopic (exact) mass is 554 g/mol. The first-order valence-corrected chi connectivity index (χ1v) is 13.8. The summed E-state index contributed by atoms with van der Waals surface area (Å²) >= 11 is 0. The predicted octanol–water partition coefficient (Wildman–Crippen LogP) is 6.81. The highest BCUT2D eigenvalue weighted by molar-refractivity contribution is 6.16. The number of ether oxygens (including phenoxy) is 2. The van der Waals surface area contributed by atoms with Crippen LogP contribution in [0.5, 0.6) is 11.5 Å². The largest absolute Gasteiger partial charge is 0.507 e. The summed E-state index contributed by atoms with van der Waals surface area (Å²) in [5.74, 6) is -0.138. The van der Waals surface area contributed by atoms with Gasteiger partial charge in [0.25, 0.3) is 0 Å². The molecule has 1 aliphatic heterocycles. The molecule has 0 spiro atoms. The first kappa shape index (κ1) is 26.8. The average molecular weight is 555 g/mol. The third-order valence-corrected chi connectivity index (χ3v) is 7.84. The van der Waals surface area contributed by atoms with Crippen LogP contribution in [0.4, 0.5) is 4.39 Å². The first-order valence-electron chi connectivity index (χ1n) is 13.8. The van der Waals surface area contributed by atoms with E-state index in [-0.39, 0.29) is 23.2 Å². The number of carbonyl (C=O) groups is 1. The number of hydrogen-bond acceptors (Lipinski definition) is 7. The Labute approximate surface area is 237 Å². The van der Waals surface area contributed by atoms with Gasteiger partial charge in [0.15, 0.2) is 0 Å². The molecule has 7 nitrogen and oxygen atoms in total. The highest BCUT2D eigenvalue weighted by Gasteiger charge is 2.33. The number of phenols is 1. The molecule has 0 aliphatic carbocycles. The van der Waals surface area contributed by atoms with E-state index in [1.165, 1.54) is 25.5 Å². The van der Waals surface area contributed by atoms with E-state index in [1.807, 2.05) is 30.3 Å². The van der Waals surface area contributed by atoms with Crippen molar-refractivity contribution in [2.75, 3.05) is 26.8 Å². The second-order valence-electron chi connectivity index (χ2n) is 10.3. The van der Waals surface area contributed by atoms with Crippen LogP contribution in [0.2, 0.25) is 0 Å². The van der Waals surface area contributed by atoms with Crippen molar-refractivity contribution in [3.63, 3.8) is 0 Å². The van der Waals surface area contributed by atoms with E-state index in [0.717, 1.165) is 43.5 Å². The summed E-state index contributed by atoms with van der Waals surface area (Å²) in [4.78, 5) is 19.5. The van der Waals surface area contributed by atoms with E-state index < -0.39 is 5.97 Å². The van der Waals surface area contributed by atoms with E-state index in [0.29, 0.717) is 46.1 Å². The quantitative estimate of drug-likeness (QED) is 0.211. The molecule has 1 aliphatic rings. The fourth-order valence-electron chi connectivity index (χ4n) is 5.84. The van der Waals surface area contributed by atoms with E-state index in [2.05, 4.69) is 9.88 Å². The molecule has 2 aromatic heterocycles.